The van der Waals surface area contributed by atoms with Crippen LogP contribution in [0, 0.1) is 19.8 Å². The van der Waals surface area contributed by atoms with E-state index in [-0.39, 0.29) is 23.9 Å². The zero-order chi connectivity index (χ0) is 30.9. The van der Waals surface area contributed by atoms with E-state index in [4.69, 9.17) is 9.47 Å². The fraction of sp³-hybridized carbons (Fsp3) is 0.485. The van der Waals surface area contributed by atoms with Crippen LogP contribution in [0.3, 0.4) is 0 Å². The topological polar surface area (TPSA) is 99.8 Å². The highest BCUT2D eigenvalue weighted by atomic mass is 32.2. The van der Waals surface area contributed by atoms with E-state index in [9.17, 15) is 9.59 Å². The van der Waals surface area contributed by atoms with Gasteiger partial charge in [-0.1, -0.05) is 6.92 Å². The quantitative estimate of drug-likeness (QED) is 0.314. The Morgan fingerprint density at radius 3 is 2.53 bits per heavy atom. The van der Waals surface area contributed by atoms with Crippen LogP contribution in [0.2, 0.25) is 0 Å². The van der Waals surface area contributed by atoms with Gasteiger partial charge in [0.15, 0.2) is 11.5 Å². The number of hydrogen-bond donors (Lipinski definition) is 2. The summed E-state index contributed by atoms with van der Waals surface area (Å²) in [5.41, 5.74) is 3.92. The molecule has 1 aromatic carbocycles. The van der Waals surface area contributed by atoms with Crippen LogP contribution < -0.4 is 25.2 Å². The summed E-state index contributed by atoms with van der Waals surface area (Å²) >= 11 is 1.49. The standard InChI is InChI=1S/C33H43N5O4S/c1-8-37(6)28-11-10-22(18-34-28)25-17-24(31(39)35-19-26-27(43-7)16-20(3)36-32(26)40)21(4)29-30(25)42-33(5,41-29)23-12-14-38(9-2)15-13-23/h10-11,16-18,23H,8-9,12-15,19H2,1-7H3,(H,35,39)(H,36,40). The number of piperidine rings is 1. The number of H-pyrrole nitrogens is 1. The number of carbonyl (C=O) groups is 1. The molecule has 0 bridgehead atoms. The first kappa shape index (κ1) is 30.9. The number of anilines is 1. The first-order valence-corrected chi connectivity index (χ1v) is 16.3. The molecule has 1 atom stereocenters. The number of amides is 1. The van der Waals surface area contributed by atoms with Crippen LogP contribution in [0.4, 0.5) is 5.82 Å². The van der Waals surface area contributed by atoms with Crippen LogP contribution in [0.5, 0.6) is 11.5 Å². The lowest BCUT2D eigenvalue weighted by molar-refractivity contribution is -0.124. The summed E-state index contributed by atoms with van der Waals surface area (Å²) in [5.74, 6) is 1.20. The highest BCUT2D eigenvalue weighted by Gasteiger charge is 2.47. The molecule has 2 aliphatic rings. The van der Waals surface area contributed by atoms with Gasteiger partial charge in [-0.05, 0) is 83.8 Å². The number of benzene rings is 1. The van der Waals surface area contributed by atoms with Crippen molar-refractivity contribution >= 4 is 23.5 Å². The number of carbonyl (C=O) groups excluding carboxylic acids is 1. The molecule has 9 nitrogen and oxygen atoms in total. The number of thioether (sulfide) groups is 1. The van der Waals surface area contributed by atoms with Crippen LogP contribution in [0.1, 0.15) is 60.8 Å². The number of aromatic nitrogens is 2. The molecule has 1 saturated heterocycles. The first-order chi connectivity index (χ1) is 20.6. The molecule has 3 aromatic rings. The smallest absolute Gasteiger partial charge is 0.254 e. The predicted octanol–water partition coefficient (Wildman–Crippen LogP) is 5.38. The monoisotopic (exact) mass is 605 g/mol. The minimum atomic E-state index is -0.838. The lowest BCUT2D eigenvalue weighted by atomic mass is 9.89. The summed E-state index contributed by atoms with van der Waals surface area (Å²) in [6, 6.07) is 7.79. The Kier molecular flexibility index (Phi) is 9.08. The molecule has 4 heterocycles. The van der Waals surface area contributed by atoms with Crippen molar-refractivity contribution in [2.75, 3.05) is 44.4 Å². The lowest BCUT2D eigenvalue weighted by Crippen LogP contribution is -2.48. The van der Waals surface area contributed by atoms with E-state index in [2.05, 4.69) is 38.9 Å². The zero-order valence-corrected chi connectivity index (χ0v) is 27.1. The van der Waals surface area contributed by atoms with Gasteiger partial charge < -0.3 is 29.6 Å². The van der Waals surface area contributed by atoms with Gasteiger partial charge in [0.2, 0.25) is 0 Å². The molecule has 2 aliphatic heterocycles. The number of nitrogens with zero attached hydrogens (tertiary/aromatic N) is 3. The Bertz CT molecular complexity index is 1550. The molecule has 1 amide bonds. The van der Waals surface area contributed by atoms with E-state index >= 15 is 0 Å². The number of ether oxygens (including phenoxy) is 2. The van der Waals surface area contributed by atoms with E-state index < -0.39 is 5.79 Å². The van der Waals surface area contributed by atoms with E-state index in [1.807, 2.05) is 64.5 Å². The van der Waals surface area contributed by atoms with Gasteiger partial charge in [-0.2, -0.15) is 0 Å². The Hall–Kier alpha value is -3.50. The molecule has 1 unspecified atom stereocenters. The highest BCUT2D eigenvalue weighted by molar-refractivity contribution is 7.98. The van der Waals surface area contributed by atoms with Gasteiger partial charge in [-0.25, -0.2) is 4.98 Å². The average molecular weight is 606 g/mol. The number of aryl methyl sites for hydroxylation is 1. The van der Waals surface area contributed by atoms with Gasteiger partial charge in [0.1, 0.15) is 5.82 Å². The number of likely N-dealkylation sites (tertiary alicyclic amines) is 1. The van der Waals surface area contributed by atoms with Gasteiger partial charge in [0, 0.05) is 77.6 Å². The maximum atomic E-state index is 13.8. The molecule has 2 aromatic heterocycles. The third kappa shape index (κ3) is 6.13. The molecule has 2 N–H and O–H groups in total. The van der Waals surface area contributed by atoms with Crippen LogP contribution >= 0.6 is 11.8 Å². The van der Waals surface area contributed by atoms with E-state index in [1.54, 1.807) is 0 Å². The number of rotatable bonds is 9. The minimum Gasteiger partial charge on any atom is -0.448 e. The summed E-state index contributed by atoms with van der Waals surface area (Å²) in [6.07, 6.45) is 5.70. The van der Waals surface area contributed by atoms with Gasteiger partial charge >= 0.3 is 0 Å². The Balaban J connectivity index is 1.51. The fourth-order valence-electron chi connectivity index (χ4n) is 6.01. The van der Waals surface area contributed by atoms with Gasteiger partial charge in [0.25, 0.3) is 17.3 Å². The fourth-order valence-corrected chi connectivity index (χ4v) is 6.71. The second kappa shape index (κ2) is 12.6. The molecule has 0 spiro atoms. The number of aromatic amines is 1. The normalized spacial score (nSPS) is 18.6. The first-order valence-electron chi connectivity index (χ1n) is 15.1. The molecule has 0 aliphatic carbocycles. The van der Waals surface area contributed by atoms with E-state index in [1.165, 1.54) is 11.8 Å². The van der Waals surface area contributed by atoms with Crippen LogP contribution in [-0.4, -0.2) is 66.0 Å². The summed E-state index contributed by atoms with van der Waals surface area (Å²) in [6.45, 7) is 14.0. The highest BCUT2D eigenvalue weighted by Crippen LogP contribution is 2.52. The SMILES string of the molecule is CCN1CCC(C2(C)Oc3c(-c4ccc(N(C)CC)nc4)cc(C(=O)NCc4c(SC)cc(C)[nH]c4=O)c(C)c3O2)CC1. The molecule has 0 saturated carbocycles. The number of pyridine rings is 2. The maximum Gasteiger partial charge on any atom is 0.254 e. The number of fused-ring (bicyclic) bond motifs is 1. The summed E-state index contributed by atoms with van der Waals surface area (Å²) in [4.78, 5) is 39.4. The van der Waals surface area contributed by atoms with Crippen LogP contribution in [0.15, 0.2) is 40.2 Å². The average Bonchev–Trinajstić information content (AvgIpc) is 3.39. The zero-order valence-electron chi connectivity index (χ0n) is 26.3. The second-order valence-corrected chi connectivity index (χ2v) is 12.5. The molecule has 230 valence electrons. The minimum absolute atomic E-state index is 0.112. The van der Waals surface area contributed by atoms with E-state index in [0.717, 1.165) is 66.6 Å². The van der Waals surface area contributed by atoms with Crippen molar-refractivity contribution in [1.82, 2.24) is 20.2 Å². The number of hydrogen-bond acceptors (Lipinski definition) is 8. The molecule has 0 radical (unpaired) electrons. The van der Waals surface area contributed by atoms with Crippen molar-refractivity contribution in [2.45, 2.75) is 64.7 Å². The van der Waals surface area contributed by atoms with Gasteiger partial charge in [-0.3, -0.25) is 9.59 Å². The Morgan fingerprint density at radius 2 is 1.91 bits per heavy atom. The van der Waals surface area contributed by atoms with Gasteiger partial charge in [0.05, 0.1) is 0 Å². The predicted molar refractivity (Wildman–Crippen MR) is 173 cm³/mol. The third-order valence-corrected chi connectivity index (χ3v) is 9.72. The van der Waals surface area contributed by atoms with Crippen LogP contribution in [0.25, 0.3) is 11.1 Å². The lowest BCUT2D eigenvalue weighted by Gasteiger charge is -2.38. The summed E-state index contributed by atoms with van der Waals surface area (Å²) < 4.78 is 13.4. The third-order valence-electron chi connectivity index (χ3n) is 8.91. The van der Waals surface area contributed by atoms with Gasteiger partial charge in [-0.15, -0.1) is 11.8 Å². The molecule has 10 heteroatoms. The summed E-state index contributed by atoms with van der Waals surface area (Å²) in [7, 11) is 2.00. The summed E-state index contributed by atoms with van der Waals surface area (Å²) in [5, 5.41) is 2.99. The van der Waals surface area contributed by atoms with Crippen molar-refractivity contribution in [3.05, 3.63) is 63.2 Å². The molecule has 1 fully saturated rings. The Morgan fingerprint density at radius 1 is 1.19 bits per heavy atom. The second-order valence-electron chi connectivity index (χ2n) is 11.6. The largest absolute Gasteiger partial charge is 0.448 e. The molecular weight excluding hydrogens is 562 g/mol. The van der Waals surface area contributed by atoms with Crippen molar-refractivity contribution in [3.63, 3.8) is 0 Å². The van der Waals surface area contributed by atoms with Crippen molar-refractivity contribution in [1.29, 1.82) is 0 Å². The van der Waals surface area contributed by atoms with Crippen LogP contribution in [-0.2, 0) is 6.54 Å². The Labute approximate surface area is 258 Å². The van der Waals surface area contributed by atoms with Crippen molar-refractivity contribution in [3.8, 4) is 22.6 Å². The molecule has 5 rings (SSSR count). The van der Waals surface area contributed by atoms with E-state index in [0.29, 0.717) is 28.2 Å². The number of nitrogens with one attached hydrogen (secondary N) is 2. The maximum absolute atomic E-state index is 13.8. The van der Waals surface area contributed by atoms with Crippen molar-refractivity contribution in [2.24, 2.45) is 5.92 Å². The molecular formula is C33H43N5O4S. The van der Waals surface area contributed by atoms with Crippen molar-refractivity contribution < 1.29 is 14.3 Å². The molecule has 43 heavy (non-hydrogen) atoms.